The van der Waals surface area contributed by atoms with Crippen molar-refractivity contribution in [3.63, 3.8) is 0 Å². The van der Waals surface area contributed by atoms with Crippen LogP contribution < -0.4 is 16.0 Å². The number of ether oxygens (including phenoxy) is 1. The van der Waals surface area contributed by atoms with Gasteiger partial charge in [-0.1, -0.05) is 42.5 Å². The molecule has 1 heterocycles. The van der Waals surface area contributed by atoms with Crippen LogP contribution in [0, 0.1) is 0 Å². The molecule has 2 aromatic rings. The van der Waals surface area contributed by atoms with Crippen LogP contribution in [0.3, 0.4) is 0 Å². The number of allylic oxidation sites excluding steroid dienone is 1. The quantitative estimate of drug-likeness (QED) is 0.471. The molecular weight excluding hydrogens is 412 g/mol. The van der Waals surface area contributed by atoms with E-state index in [9.17, 15) is 9.59 Å². The van der Waals surface area contributed by atoms with Gasteiger partial charge in [-0.2, -0.15) is 0 Å². The minimum absolute atomic E-state index is 0.293. The van der Waals surface area contributed by atoms with E-state index >= 15 is 0 Å². The van der Waals surface area contributed by atoms with Crippen LogP contribution in [0.5, 0.6) is 0 Å². The lowest BCUT2D eigenvalue weighted by Gasteiger charge is -2.36. The first-order valence-corrected chi connectivity index (χ1v) is 10.4. The SMILES string of the molecule is CCN1C(=S)NC(c2ccc(NC(=O)NCc3ccccc3)cc2)C(C(=O)OC)=C1C. The number of carbonyl (C=O) groups is 2. The van der Waals surface area contributed by atoms with Crippen LogP contribution in [-0.2, 0) is 16.1 Å². The van der Waals surface area contributed by atoms with Crippen LogP contribution >= 0.6 is 12.2 Å². The molecule has 0 radical (unpaired) electrons. The molecule has 31 heavy (non-hydrogen) atoms. The van der Waals surface area contributed by atoms with Crippen molar-refractivity contribution in [2.75, 3.05) is 19.0 Å². The highest BCUT2D eigenvalue weighted by atomic mass is 32.1. The monoisotopic (exact) mass is 438 g/mol. The summed E-state index contributed by atoms with van der Waals surface area (Å²) in [5, 5.41) is 9.42. The zero-order valence-electron chi connectivity index (χ0n) is 17.8. The molecule has 0 spiro atoms. The summed E-state index contributed by atoms with van der Waals surface area (Å²) in [6.07, 6.45) is 0. The number of esters is 1. The van der Waals surface area contributed by atoms with Gasteiger partial charge < -0.3 is 25.6 Å². The standard InChI is InChI=1S/C23H26N4O3S/c1-4-27-15(2)19(21(28)30-3)20(26-23(27)31)17-10-12-18(13-11-17)25-22(29)24-14-16-8-6-5-7-9-16/h5-13,20H,4,14H2,1-3H3,(H,26,31)(H2,24,25,29). The van der Waals surface area contributed by atoms with E-state index in [1.807, 2.05) is 61.2 Å². The Morgan fingerprint density at radius 1 is 1.13 bits per heavy atom. The lowest BCUT2D eigenvalue weighted by atomic mass is 9.95. The number of hydrogen-bond acceptors (Lipinski definition) is 4. The third-order valence-corrected chi connectivity index (χ3v) is 5.45. The summed E-state index contributed by atoms with van der Waals surface area (Å²) in [4.78, 5) is 26.5. The highest BCUT2D eigenvalue weighted by Crippen LogP contribution is 2.31. The van der Waals surface area contributed by atoms with Crippen molar-refractivity contribution in [3.8, 4) is 0 Å². The maximum absolute atomic E-state index is 12.5. The van der Waals surface area contributed by atoms with Crippen molar-refractivity contribution in [3.05, 3.63) is 77.0 Å². The summed E-state index contributed by atoms with van der Waals surface area (Å²) in [7, 11) is 1.37. The van der Waals surface area contributed by atoms with Crippen LogP contribution in [0.15, 0.2) is 65.9 Å². The van der Waals surface area contributed by atoms with E-state index in [0.29, 0.717) is 29.5 Å². The van der Waals surface area contributed by atoms with Gasteiger partial charge in [0, 0.05) is 24.5 Å². The van der Waals surface area contributed by atoms with Gasteiger partial charge in [0.2, 0.25) is 0 Å². The molecule has 162 valence electrons. The Morgan fingerprint density at radius 2 is 1.81 bits per heavy atom. The van der Waals surface area contributed by atoms with E-state index in [0.717, 1.165) is 16.8 Å². The molecule has 3 N–H and O–H groups in total. The Kier molecular flexibility index (Phi) is 7.25. The molecule has 1 unspecified atom stereocenters. The molecule has 3 rings (SSSR count). The van der Waals surface area contributed by atoms with Crippen molar-refractivity contribution < 1.29 is 14.3 Å². The summed E-state index contributed by atoms with van der Waals surface area (Å²) in [5.41, 5.74) is 3.78. The van der Waals surface area contributed by atoms with Gasteiger partial charge in [0.15, 0.2) is 5.11 Å². The average molecular weight is 439 g/mol. The fourth-order valence-corrected chi connectivity index (χ4v) is 3.88. The Hall–Kier alpha value is -3.39. The van der Waals surface area contributed by atoms with Gasteiger partial charge in [-0.3, -0.25) is 0 Å². The largest absolute Gasteiger partial charge is 0.466 e. The number of methoxy groups -OCH3 is 1. The average Bonchev–Trinajstić information content (AvgIpc) is 2.78. The van der Waals surface area contributed by atoms with E-state index in [1.54, 1.807) is 12.1 Å². The third-order valence-electron chi connectivity index (χ3n) is 5.12. The molecule has 0 saturated heterocycles. The van der Waals surface area contributed by atoms with Crippen molar-refractivity contribution in [2.45, 2.75) is 26.4 Å². The number of urea groups is 1. The fourth-order valence-electron chi connectivity index (χ4n) is 3.50. The number of nitrogens with one attached hydrogen (secondary N) is 3. The minimum Gasteiger partial charge on any atom is -0.466 e. The van der Waals surface area contributed by atoms with Crippen LogP contribution in [0.2, 0.25) is 0 Å². The second-order valence-electron chi connectivity index (χ2n) is 7.03. The van der Waals surface area contributed by atoms with Crippen molar-refractivity contribution in [1.29, 1.82) is 0 Å². The molecule has 1 aliphatic rings. The second kappa shape index (κ2) is 10.1. The number of benzene rings is 2. The van der Waals surface area contributed by atoms with Gasteiger partial charge >= 0.3 is 12.0 Å². The lowest BCUT2D eigenvalue weighted by molar-refractivity contribution is -0.136. The van der Waals surface area contributed by atoms with Crippen LogP contribution in [-0.4, -0.2) is 35.7 Å². The summed E-state index contributed by atoms with van der Waals surface area (Å²) in [6.45, 7) is 4.92. The van der Waals surface area contributed by atoms with Crippen LogP contribution in [0.1, 0.15) is 31.0 Å². The highest BCUT2D eigenvalue weighted by Gasteiger charge is 2.33. The van der Waals surface area contributed by atoms with Crippen molar-refractivity contribution >= 4 is 35.0 Å². The third kappa shape index (κ3) is 5.21. The maximum atomic E-state index is 12.5. The van der Waals surface area contributed by atoms with Gasteiger partial charge in [-0.25, -0.2) is 9.59 Å². The Morgan fingerprint density at radius 3 is 2.42 bits per heavy atom. The Balaban J connectivity index is 1.72. The van der Waals surface area contributed by atoms with E-state index in [-0.39, 0.29) is 6.03 Å². The van der Waals surface area contributed by atoms with Gasteiger partial charge in [0.1, 0.15) is 0 Å². The van der Waals surface area contributed by atoms with E-state index in [4.69, 9.17) is 17.0 Å². The number of hydrogen-bond donors (Lipinski definition) is 3. The molecule has 2 aromatic carbocycles. The summed E-state index contributed by atoms with van der Waals surface area (Å²) >= 11 is 5.47. The smallest absolute Gasteiger partial charge is 0.337 e. The molecule has 1 atom stereocenters. The number of thiocarbonyl (C=S) groups is 1. The van der Waals surface area contributed by atoms with Gasteiger partial charge in [0.05, 0.1) is 18.7 Å². The molecule has 7 nitrogen and oxygen atoms in total. The fraction of sp³-hybridized carbons (Fsp3) is 0.261. The Bertz CT molecular complexity index is 990. The second-order valence-corrected chi connectivity index (χ2v) is 7.42. The number of carbonyl (C=O) groups excluding carboxylic acids is 2. The molecule has 0 fully saturated rings. The first-order chi connectivity index (χ1) is 14.9. The molecule has 8 heteroatoms. The van der Waals surface area contributed by atoms with Gasteiger partial charge in [-0.05, 0) is 49.3 Å². The first-order valence-electron chi connectivity index (χ1n) is 10.0. The molecule has 0 saturated carbocycles. The van der Waals surface area contributed by atoms with Crippen LogP contribution in [0.25, 0.3) is 0 Å². The predicted octanol–water partition coefficient (Wildman–Crippen LogP) is 3.71. The van der Waals surface area contributed by atoms with Crippen molar-refractivity contribution in [1.82, 2.24) is 15.5 Å². The van der Waals surface area contributed by atoms with Gasteiger partial charge in [0.25, 0.3) is 0 Å². The highest BCUT2D eigenvalue weighted by molar-refractivity contribution is 7.80. The number of nitrogens with zero attached hydrogens (tertiary/aromatic N) is 1. The minimum atomic E-state index is -0.427. The Labute approximate surface area is 187 Å². The van der Waals surface area contributed by atoms with Crippen LogP contribution in [0.4, 0.5) is 10.5 Å². The lowest BCUT2D eigenvalue weighted by Crippen LogP contribution is -2.47. The number of rotatable bonds is 6. The number of amides is 2. The summed E-state index contributed by atoms with van der Waals surface area (Å²) in [6, 6.07) is 16.2. The zero-order valence-corrected chi connectivity index (χ0v) is 18.6. The zero-order chi connectivity index (χ0) is 22.4. The molecule has 1 aliphatic heterocycles. The molecule has 0 bridgehead atoms. The molecule has 0 aliphatic carbocycles. The molecule has 2 amide bonds. The van der Waals surface area contributed by atoms with Crippen molar-refractivity contribution in [2.24, 2.45) is 0 Å². The van der Waals surface area contributed by atoms with E-state index in [2.05, 4.69) is 16.0 Å². The summed E-state index contributed by atoms with van der Waals surface area (Å²) in [5.74, 6) is -0.404. The van der Waals surface area contributed by atoms with Gasteiger partial charge in [-0.15, -0.1) is 0 Å². The number of anilines is 1. The molecule has 0 aromatic heterocycles. The molecular formula is C23H26N4O3S. The van der Waals surface area contributed by atoms with E-state index in [1.165, 1.54) is 7.11 Å². The topological polar surface area (TPSA) is 82.7 Å². The first kappa shape index (κ1) is 22.3. The normalized spacial score (nSPS) is 15.9. The van der Waals surface area contributed by atoms with E-state index < -0.39 is 12.0 Å². The predicted molar refractivity (Wildman–Crippen MR) is 124 cm³/mol. The summed E-state index contributed by atoms with van der Waals surface area (Å²) < 4.78 is 5.01. The maximum Gasteiger partial charge on any atom is 0.337 e.